The van der Waals surface area contributed by atoms with Gasteiger partial charge in [-0.05, 0) is 207 Å². The number of hydrogen-bond donors (Lipinski definition) is 0. The van der Waals surface area contributed by atoms with Crippen molar-refractivity contribution < 1.29 is 0 Å². The van der Waals surface area contributed by atoms with Crippen LogP contribution in [0, 0.1) is 0 Å². The molecule has 0 bridgehead atoms. The average molecular weight is 1830 g/mol. The standard InChI is InChI=1S/C49H31N3.2C43H27N3/c1-3-11-34(12-4-1)43-27-25-37-22-23-38-26-28-44(52-49(38)48(37)51-43)36-20-18-32(19-21-36)39-15-9-16-40(30-39)42-31-46(35-13-5-2-6-14-35)50-45-29-24-33-10-7-8-17-41(33)47(42)45;1-2-10-31(11-3-1)40-27-38(41-35-15-5-4-9-29(35)21-22-39(41)46-40)33-13-6-12-32(25-33)28-17-19-30(20-18-28)37-26-34-14-7-23-44-42(34)43-36(37)16-8-24-45-43;1-2-9-30(10-3-1)40-27-37(41-36-14-5-4-8-29(36)21-24-39(41)45-40)35-12-6-11-34(26-35)28-15-17-31(18-16-28)38-23-22-33-20-19-32-13-7-25-44-42(32)43(33)46-38/h1-31H;2*1-27H. The van der Waals surface area contributed by atoms with Crippen molar-refractivity contribution in [2.45, 2.75) is 0 Å². The van der Waals surface area contributed by atoms with Gasteiger partial charge in [-0.15, -0.1) is 0 Å². The Hall–Kier alpha value is -19.4. The second-order valence-corrected chi connectivity index (χ2v) is 36.6. The molecule has 0 unspecified atom stereocenters. The summed E-state index contributed by atoms with van der Waals surface area (Å²) in [5.74, 6) is 0. The highest BCUT2D eigenvalue weighted by Gasteiger charge is 2.22. The first-order chi connectivity index (χ1) is 71.3. The minimum absolute atomic E-state index is 0.913. The van der Waals surface area contributed by atoms with Gasteiger partial charge in [0.1, 0.15) is 0 Å². The van der Waals surface area contributed by atoms with Crippen LogP contribution >= 0.6 is 0 Å². The number of rotatable bonds is 13. The van der Waals surface area contributed by atoms with Gasteiger partial charge in [-0.1, -0.05) is 400 Å². The molecule has 0 spiro atoms. The van der Waals surface area contributed by atoms with Gasteiger partial charge in [0, 0.05) is 100 Å². The van der Waals surface area contributed by atoms with Crippen molar-refractivity contribution in [2.75, 3.05) is 0 Å². The van der Waals surface area contributed by atoms with Crippen LogP contribution in [-0.2, 0) is 0 Å². The lowest BCUT2D eigenvalue weighted by molar-refractivity contribution is 1.36. The minimum atomic E-state index is 0.913. The number of pyridine rings is 9. The molecular weight excluding hydrogens is 1750 g/mol. The highest BCUT2D eigenvalue weighted by molar-refractivity contribution is 6.18. The van der Waals surface area contributed by atoms with Gasteiger partial charge in [0.25, 0.3) is 0 Å². The summed E-state index contributed by atoms with van der Waals surface area (Å²) in [7, 11) is 0. The van der Waals surface area contributed by atoms with Gasteiger partial charge in [0.05, 0.1) is 83.8 Å². The van der Waals surface area contributed by atoms with Crippen LogP contribution in [0.5, 0.6) is 0 Å². The van der Waals surface area contributed by atoms with E-state index in [2.05, 4.69) is 453 Å². The van der Waals surface area contributed by atoms with E-state index in [1.54, 1.807) is 0 Å². The maximum absolute atomic E-state index is 5.18. The van der Waals surface area contributed by atoms with Crippen LogP contribution in [0.1, 0.15) is 0 Å². The zero-order chi connectivity index (χ0) is 95.3. The molecule has 9 nitrogen and oxygen atoms in total. The third kappa shape index (κ3) is 16.2. The van der Waals surface area contributed by atoms with Crippen LogP contribution in [0.15, 0.2) is 516 Å². The van der Waals surface area contributed by atoms with Crippen molar-refractivity contribution in [3.8, 4) is 145 Å². The highest BCUT2D eigenvalue weighted by Crippen LogP contribution is 2.45. The predicted molar refractivity (Wildman–Crippen MR) is 600 cm³/mol. The van der Waals surface area contributed by atoms with E-state index >= 15 is 0 Å². The maximum atomic E-state index is 5.18. The molecule has 0 atom stereocenters. The molecular formula is C135H85N9. The molecule has 0 fully saturated rings. The van der Waals surface area contributed by atoms with Gasteiger partial charge in [-0.25, -0.2) is 29.9 Å². The van der Waals surface area contributed by atoms with E-state index in [0.717, 1.165) is 194 Å². The molecule has 9 aromatic heterocycles. The van der Waals surface area contributed by atoms with E-state index in [9.17, 15) is 0 Å². The SMILES string of the molecule is c1ccc(-c2cc(-c3cccc(-c4ccc(-c5cc6cccnc6c6ncccc56)cc4)c3)c3c(ccc4ccccc43)n2)cc1.c1ccc(-c2cc(-c3cccc(-c4ccc(-c5ccc6ccc7ccc(-c8ccccc8)nc7c6n5)cc4)c3)c3c(ccc4ccccc43)n2)cc1.c1ccc(-c2cc(-c3cccc(-c4ccc(-c5ccc6ccc7cccnc7c6n5)cc4)c3)c3c(ccc4ccccc43)n2)cc1. The Labute approximate surface area is 830 Å². The lowest BCUT2D eigenvalue weighted by Gasteiger charge is -2.14. The van der Waals surface area contributed by atoms with Crippen molar-refractivity contribution in [1.29, 1.82) is 0 Å². The summed E-state index contributed by atoms with van der Waals surface area (Å²) in [4.78, 5) is 44.7. The maximum Gasteiger partial charge on any atom is 0.0972 e. The first kappa shape index (κ1) is 85.1. The van der Waals surface area contributed by atoms with Crippen LogP contribution in [0.4, 0.5) is 0 Å². The first-order valence-electron chi connectivity index (χ1n) is 48.6. The van der Waals surface area contributed by atoms with Gasteiger partial charge >= 0.3 is 0 Å². The summed E-state index contributed by atoms with van der Waals surface area (Å²) in [6, 6.07) is 176. The summed E-state index contributed by atoms with van der Waals surface area (Å²) >= 11 is 0. The molecule has 0 amide bonds. The second-order valence-electron chi connectivity index (χ2n) is 36.6. The molecule has 9 heterocycles. The third-order valence-electron chi connectivity index (χ3n) is 27.9. The van der Waals surface area contributed by atoms with Crippen LogP contribution in [0.3, 0.4) is 0 Å². The van der Waals surface area contributed by atoms with E-state index < -0.39 is 0 Å². The molecule has 0 radical (unpaired) electrons. The van der Waals surface area contributed by atoms with Crippen LogP contribution in [-0.4, -0.2) is 44.9 Å². The third-order valence-corrected chi connectivity index (χ3v) is 27.9. The van der Waals surface area contributed by atoms with Gasteiger partial charge < -0.3 is 0 Å². The fourth-order valence-electron chi connectivity index (χ4n) is 20.7. The Balaban J connectivity index is 0.000000110. The Kier molecular flexibility index (Phi) is 21.8. The molecule has 0 N–H and O–H groups in total. The normalized spacial score (nSPS) is 11.5. The second kappa shape index (κ2) is 36.9. The number of nitrogens with zero attached hydrogens (tertiary/aromatic N) is 9. The van der Waals surface area contributed by atoms with Crippen molar-refractivity contribution >= 4 is 130 Å². The topological polar surface area (TPSA) is 116 Å². The highest BCUT2D eigenvalue weighted by atomic mass is 14.8. The zero-order valence-electron chi connectivity index (χ0n) is 78.1. The molecule has 0 saturated carbocycles. The summed E-state index contributed by atoms with van der Waals surface area (Å²) in [5.41, 5.74) is 37.1. The largest absolute Gasteiger partial charge is 0.254 e. The van der Waals surface area contributed by atoms with Crippen molar-refractivity contribution in [3.63, 3.8) is 0 Å². The fourth-order valence-corrected chi connectivity index (χ4v) is 20.7. The smallest absolute Gasteiger partial charge is 0.0972 e. The lowest BCUT2D eigenvalue weighted by Crippen LogP contribution is -1.92. The van der Waals surface area contributed by atoms with E-state index in [1.165, 1.54) is 81.9 Å². The van der Waals surface area contributed by atoms with E-state index in [-0.39, 0.29) is 0 Å². The van der Waals surface area contributed by atoms with Gasteiger partial charge in [-0.3, -0.25) is 15.0 Å². The fraction of sp³-hybridized carbons (Fsp3) is 0. The molecule has 0 saturated heterocycles. The zero-order valence-corrected chi connectivity index (χ0v) is 78.1. The molecule has 19 aromatic carbocycles. The van der Waals surface area contributed by atoms with Gasteiger partial charge in [0.2, 0.25) is 0 Å². The Bertz CT molecular complexity index is 9870. The first-order valence-corrected chi connectivity index (χ1v) is 48.6. The lowest BCUT2D eigenvalue weighted by atomic mass is 9.92. The van der Waals surface area contributed by atoms with E-state index in [4.69, 9.17) is 34.9 Å². The van der Waals surface area contributed by atoms with Gasteiger partial charge in [0.15, 0.2) is 0 Å². The summed E-state index contributed by atoms with van der Waals surface area (Å²) in [6.45, 7) is 0. The summed E-state index contributed by atoms with van der Waals surface area (Å²) in [6.07, 6.45) is 5.51. The van der Waals surface area contributed by atoms with Crippen molar-refractivity contribution in [1.82, 2.24) is 44.9 Å². The summed E-state index contributed by atoms with van der Waals surface area (Å²) in [5, 5.41) is 17.3. The molecule has 28 rings (SSSR count). The van der Waals surface area contributed by atoms with Crippen molar-refractivity contribution in [3.05, 3.63) is 516 Å². The summed E-state index contributed by atoms with van der Waals surface area (Å²) < 4.78 is 0. The predicted octanol–water partition coefficient (Wildman–Crippen LogP) is 35.1. The Morgan fingerprint density at radius 3 is 0.757 bits per heavy atom. The van der Waals surface area contributed by atoms with E-state index in [0.29, 0.717) is 0 Å². The molecule has 144 heavy (non-hydrogen) atoms. The molecule has 28 aromatic rings. The molecule has 0 aliphatic heterocycles. The van der Waals surface area contributed by atoms with Gasteiger partial charge in [-0.2, -0.15) is 0 Å². The van der Waals surface area contributed by atoms with Crippen LogP contribution in [0.25, 0.3) is 276 Å². The average Bonchev–Trinajstić information content (AvgIpc) is 0.756. The molecule has 0 aliphatic carbocycles. The monoisotopic (exact) mass is 1830 g/mol. The number of benzene rings is 19. The quantitative estimate of drug-likeness (QED) is 0.104. The molecule has 9 heteroatoms. The van der Waals surface area contributed by atoms with Crippen LogP contribution in [0.2, 0.25) is 0 Å². The Morgan fingerprint density at radius 1 is 0.118 bits per heavy atom. The number of fused-ring (bicyclic) bond motifs is 18. The Morgan fingerprint density at radius 2 is 0.375 bits per heavy atom. The van der Waals surface area contributed by atoms with Crippen molar-refractivity contribution in [2.24, 2.45) is 0 Å². The molecule has 0 aliphatic rings. The number of hydrogen-bond acceptors (Lipinski definition) is 9. The minimum Gasteiger partial charge on any atom is -0.254 e. The van der Waals surface area contributed by atoms with E-state index in [1.807, 2.05) is 73.2 Å². The molecule has 670 valence electrons. The van der Waals surface area contributed by atoms with Crippen LogP contribution < -0.4 is 0 Å². The number of aromatic nitrogens is 9.